The summed E-state index contributed by atoms with van der Waals surface area (Å²) in [5, 5.41) is 0. The van der Waals surface area contributed by atoms with Crippen molar-refractivity contribution in [1.82, 2.24) is 0 Å². The van der Waals surface area contributed by atoms with Gasteiger partial charge in [0.1, 0.15) is 0 Å². The molecule has 138 valence electrons. The van der Waals surface area contributed by atoms with Crippen LogP contribution in [-0.4, -0.2) is 0 Å². The molecule has 0 atom stereocenters. The van der Waals surface area contributed by atoms with Crippen molar-refractivity contribution in [3.63, 3.8) is 0 Å². The smallest absolute Gasteiger partial charge is 0.00550 e. The zero-order valence-corrected chi connectivity index (χ0v) is 17.6. The molecule has 0 aromatic heterocycles. The van der Waals surface area contributed by atoms with Crippen molar-refractivity contribution in [3.8, 4) is 11.1 Å². The van der Waals surface area contributed by atoms with Crippen molar-refractivity contribution in [2.75, 3.05) is 0 Å². The minimum atomic E-state index is 0.552. The lowest BCUT2D eigenvalue weighted by Crippen LogP contribution is -1.99. The van der Waals surface area contributed by atoms with E-state index in [-0.39, 0.29) is 0 Å². The number of aryl methyl sites for hydroxylation is 1. The van der Waals surface area contributed by atoms with E-state index in [4.69, 9.17) is 0 Å². The van der Waals surface area contributed by atoms with Gasteiger partial charge in [-0.2, -0.15) is 0 Å². The molecule has 0 aliphatic heterocycles. The summed E-state index contributed by atoms with van der Waals surface area (Å²) in [4.78, 5) is 0. The van der Waals surface area contributed by atoms with E-state index >= 15 is 0 Å². The Kier molecular flexibility index (Phi) is 5.42. The Balaban J connectivity index is 2.26. The first-order valence-corrected chi connectivity index (χ1v) is 10.3. The molecule has 0 amide bonds. The summed E-state index contributed by atoms with van der Waals surface area (Å²) in [7, 11) is 0. The van der Waals surface area contributed by atoms with Gasteiger partial charge in [-0.3, -0.25) is 0 Å². The van der Waals surface area contributed by atoms with Crippen molar-refractivity contribution in [3.05, 3.63) is 63.7 Å². The highest BCUT2D eigenvalue weighted by atomic mass is 14.3. The lowest BCUT2D eigenvalue weighted by atomic mass is 9.86. The Hall–Kier alpha value is -1.82. The lowest BCUT2D eigenvalue weighted by Gasteiger charge is -2.18. The van der Waals surface area contributed by atoms with E-state index in [1.54, 1.807) is 5.57 Å². The molecule has 3 rings (SSSR count). The SMILES string of the molecule is CCc1ccc2c(c1-c1cc(C(C)C)cc(C(C)C)c1)C=C(C(C)C)C2. The van der Waals surface area contributed by atoms with Crippen LogP contribution in [0.5, 0.6) is 0 Å². The van der Waals surface area contributed by atoms with Crippen LogP contribution in [0, 0.1) is 5.92 Å². The largest absolute Gasteiger partial charge is 0.0626 e. The Labute approximate surface area is 160 Å². The van der Waals surface area contributed by atoms with E-state index in [9.17, 15) is 0 Å². The second-order valence-electron chi connectivity index (χ2n) is 8.77. The molecule has 0 N–H and O–H groups in total. The summed E-state index contributed by atoms with van der Waals surface area (Å²) >= 11 is 0. The average molecular weight is 347 g/mol. The van der Waals surface area contributed by atoms with Gasteiger partial charge in [0.2, 0.25) is 0 Å². The first-order chi connectivity index (χ1) is 12.3. The van der Waals surface area contributed by atoms with Gasteiger partial charge in [0.15, 0.2) is 0 Å². The highest BCUT2D eigenvalue weighted by Gasteiger charge is 2.21. The van der Waals surface area contributed by atoms with Gasteiger partial charge in [0.05, 0.1) is 0 Å². The fourth-order valence-electron chi connectivity index (χ4n) is 3.98. The minimum Gasteiger partial charge on any atom is -0.0626 e. The number of rotatable bonds is 5. The van der Waals surface area contributed by atoms with Crippen LogP contribution in [-0.2, 0) is 12.8 Å². The predicted molar refractivity (Wildman–Crippen MR) is 116 cm³/mol. The van der Waals surface area contributed by atoms with Crippen molar-refractivity contribution in [2.24, 2.45) is 5.92 Å². The second-order valence-corrected chi connectivity index (χ2v) is 8.77. The van der Waals surface area contributed by atoms with Crippen LogP contribution in [0.3, 0.4) is 0 Å². The molecule has 1 aliphatic rings. The molecule has 0 heteroatoms. The quantitative estimate of drug-likeness (QED) is 0.519. The van der Waals surface area contributed by atoms with E-state index < -0.39 is 0 Å². The molecule has 0 saturated heterocycles. The molecular weight excluding hydrogens is 312 g/mol. The van der Waals surface area contributed by atoms with E-state index in [2.05, 4.69) is 84.9 Å². The summed E-state index contributed by atoms with van der Waals surface area (Å²) in [5.74, 6) is 1.72. The van der Waals surface area contributed by atoms with E-state index in [0.29, 0.717) is 17.8 Å². The molecule has 0 nitrogen and oxygen atoms in total. The van der Waals surface area contributed by atoms with Crippen molar-refractivity contribution >= 4 is 6.08 Å². The molecule has 2 aromatic carbocycles. The van der Waals surface area contributed by atoms with Crippen molar-refractivity contribution < 1.29 is 0 Å². The van der Waals surface area contributed by atoms with Crippen LogP contribution >= 0.6 is 0 Å². The number of hydrogen-bond donors (Lipinski definition) is 0. The van der Waals surface area contributed by atoms with Gasteiger partial charge in [-0.15, -0.1) is 0 Å². The third kappa shape index (κ3) is 3.52. The van der Waals surface area contributed by atoms with Gasteiger partial charge in [-0.1, -0.05) is 90.4 Å². The van der Waals surface area contributed by atoms with Gasteiger partial charge in [0, 0.05) is 0 Å². The minimum absolute atomic E-state index is 0.552. The molecule has 0 unspecified atom stereocenters. The highest BCUT2D eigenvalue weighted by Crippen LogP contribution is 2.40. The molecular formula is C26H34. The Morgan fingerprint density at radius 2 is 1.42 bits per heavy atom. The maximum absolute atomic E-state index is 2.48. The van der Waals surface area contributed by atoms with Crippen LogP contribution in [0.2, 0.25) is 0 Å². The number of benzene rings is 2. The monoisotopic (exact) mass is 346 g/mol. The van der Waals surface area contributed by atoms with Gasteiger partial charge >= 0.3 is 0 Å². The molecule has 0 radical (unpaired) electrons. The fourth-order valence-corrected chi connectivity index (χ4v) is 3.98. The number of hydrogen-bond acceptors (Lipinski definition) is 0. The normalized spacial score (nSPS) is 13.7. The molecule has 0 spiro atoms. The number of fused-ring (bicyclic) bond motifs is 1. The van der Waals surface area contributed by atoms with E-state index in [0.717, 1.165) is 12.8 Å². The standard InChI is InChI=1S/C26H34/c1-8-19-9-10-20-11-23(18(6)7)15-25(20)26(19)24-13-21(16(2)3)12-22(14-24)17(4)5/h9-10,12-18H,8,11H2,1-7H3. The number of allylic oxidation sites excluding steroid dienone is 1. The zero-order valence-electron chi connectivity index (χ0n) is 17.6. The molecule has 1 aliphatic carbocycles. The topological polar surface area (TPSA) is 0 Å². The van der Waals surface area contributed by atoms with Crippen LogP contribution in [0.1, 0.15) is 88.1 Å². The second kappa shape index (κ2) is 7.43. The van der Waals surface area contributed by atoms with Crippen LogP contribution in [0.25, 0.3) is 17.2 Å². The fraction of sp³-hybridized carbons (Fsp3) is 0.462. The summed E-state index contributed by atoms with van der Waals surface area (Å²) in [6, 6.07) is 12.0. The third-order valence-electron chi connectivity index (χ3n) is 5.87. The first-order valence-electron chi connectivity index (χ1n) is 10.3. The predicted octanol–water partition coefficient (Wildman–Crippen LogP) is 7.76. The first kappa shape index (κ1) is 19.0. The molecule has 2 aromatic rings. The third-order valence-corrected chi connectivity index (χ3v) is 5.87. The average Bonchev–Trinajstić information content (AvgIpc) is 3.04. The summed E-state index contributed by atoms with van der Waals surface area (Å²) in [6.45, 7) is 16.1. The van der Waals surface area contributed by atoms with Crippen LogP contribution in [0.4, 0.5) is 0 Å². The summed E-state index contributed by atoms with van der Waals surface area (Å²) < 4.78 is 0. The molecule has 0 fully saturated rings. The van der Waals surface area contributed by atoms with Gasteiger partial charge in [0.25, 0.3) is 0 Å². The summed E-state index contributed by atoms with van der Waals surface area (Å²) in [5.41, 5.74) is 11.8. The maximum atomic E-state index is 2.48. The highest BCUT2D eigenvalue weighted by molar-refractivity contribution is 5.84. The molecule has 0 saturated carbocycles. The molecule has 26 heavy (non-hydrogen) atoms. The summed E-state index contributed by atoms with van der Waals surface area (Å²) in [6.07, 6.45) is 4.67. The van der Waals surface area contributed by atoms with Gasteiger partial charge < -0.3 is 0 Å². The molecule has 0 bridgehead atoms. The Bertz CT molecular complexity index is 805. The van der Waals surface area contributed by atoms with E-state index in [1.165, 1.54) is 38.9 Å². The maximum Gasteiger partial charge on any atom is -0.00550 e. The Morgan fingerprint density at radius 3 is 1.92 bits per heavy atom. The van der Waals surface area contributed by atoms with E-state index in [1.807, 2.05) is 0 Å². The van der Waals surface area contributed by atoms with Crippen LogP contribution in [0.15, 0.2) is 35.9 Å². The lowest BCUT2D eigenvalue weighted by molar-refractivity contribution is 0.754. The van der Waals surface area contributed by atoms with Gasteiger partial charge in [-0.05, 0) is 69.5 Å². The van der Waals surface area contributed by atoms with Crippen molar-refractivity contribution in [2.45, 2.75) is 73.1 Å². The Morgan fingerprint density at radius 1 is 0.808 bits per heavy atom. The van der Waals surface area contributed by atoms with Crippen LogP contribution < -0.4 is 0 Å². The van der Waals surface area contributed by atoms with Gasteiger partial charge in [-0.25, -0.2) is 0 Å². The molecule has 0 heterocycles. The van der Waals surface area contributed by atoms with Crippen molar-refractivity contribution in [1.29, 1.82) is 0 Å². The zero-order chi connectivity index (χ0) is 19.0.